The molecule has 2 aromatic rings. The standard InChI is InChI=1S/C15H18N2O2S/c1-11(15(18)19)8-17(2)9-13-10-20-14(16-13)12-6-4-3-5-7-12/h3-7,10-11H,8-9H2,1-2H3,(H,18,19). The number of nitrogens with zero attached hydrogens (tertiary/aromatic N) is 2. The fourth-order valence-electron chi connectivity index (χ4n) is 1.98. The van der Waals surface area contributed by atoms with Crippen LogP contribution in [0.5, 0.6) is 0 Å². The van der Waals surface area contributed by atoms with Crippen LogP contribution in [0, 0.1) is 5.92 Å². The minimum Gasteiger partial charge on any atom is -0.481 e. The van der Waals surface area contributed by atoms with E-state index in [-0.39, 0.29) is 5.92 Å². The lowest BCUT2D eigenvalue weighted by atomic mass is 10.2. The summed E-state index contributed by atoms with van der Waals surface area (Å²) in [5.41, 5.74) is 2.10. The van der Waals surface area contributed by atoms with Crippen molar-refractivity contribution in [3.8, 4) is 10.6 Å². The van der Waals surface area contributed by atoms with Gasteiger partial charge in [-0.25, -0.2) is 4.98 Å². The summed E-state index contributed by atoms with van der Waals surface area (Å²) in [5.74, 6) is -1.13. The third-order valence-corrected chi connectivity index (χ3v) is 3.95. The highest BCUT2D eigenvalue weighted by molar-refractivity contribution is 7.13. The Bertz CT molecular complexity index is 568. The summed E-state index contributed by atoms with van der Waals surface area (Å²) >= 11 is 1.62. The lowest BCUT2D eigenvalue weighted by molar-refractivity contribution is -0.141. The molecule has 0 fully saturated rings. The fraction of sp³-hybridized carbons (Fsp3) is 0.333. The Morgan fingerprint density at radius 3 is 2.75 bits per heavy atom. The first-order valence-electron chi connectivity index (χ1n) is 6.47. The molecule has 4 nitrogen and oxygen atoms in total. The molecule has 0 aliphatic rings. The lowest BCUT2D eigenvalue weighted by Gasteiger charge is -2.17. The molecule has 0 spiro atoms. The zero-order valence-electron chi connectivity index (χ0n) is 11.6. The summed E-state index contributed by atoms with van der Waals surface area (Å²) in [4.78, 5) is 17.4. The molecule has 1 atom stereocenters. The van der Waals surface area contributed by atoms with E-state index in [0.717, 1.165) is 16.3 Å². The van der Waals surface area contributed by atoms with Gasteiger partial charge in [-0.05, 0) is 7.05 Å². The van der Waals surface area contributed by atoms with Crippen LogP contribution in [0.1, 0.15) is 12.6 Å². The summed E-state index contributed by atoms with van der Waals surface area (Å²) in [6.45, 7) is 2.91. The molecule has 0 saturated heterocycles. The minimum atomic E-state index is -0.764. The van der Waals surface area contributed by atoms with E-state index in [1.165, 1.54) is 0 Å². The molecule has 0 radical (unpaired) electrons. The van der Waals surface area contributed by atoms with Crippen molar-refractivity contribution in [2.45, 2.75) is 13.5 Å². The number of hydrogen-bond donors (Lipinski definition) is 1. The normalized spacial score (nSPS) is 12.6. The largest absolute Gasteiger partial charge is 0.481 e. The number of carboxylic acid groups (broad SMARTS) is 1. The van der Waals surface area contributed by atoms with Crippen molar-refractivity contribution in [3.63, 3.8) is 0 Å². The van der Waals surface area contributed by atoms with Crippen molar-refractivity contribution in [2.75, 3.05) is 13.6 Å². The Balaban J connectivity index is 1.98. The Kier molecular flexibility index (Phi) is 4.87. The van der Waals surface area contributed by atoms with Gasteiger partial charge >= 0.3 is 5.97 Å². The van der Waals surface area contributed by atoms with Gasteiger partial charge in [0.05, 0.1) is 11.6 Å². The van der Waals surface area contributed by atoms with Crippen molar-refractivity contribution >= 4 is 17.3 Å². The van der Waals surface area contributed by atoms with Gasteiger partial charge in [0.25, 0.3) is 0 Å². The lowest BCUT2D eigenvalue weighted by Crippen LogP contribution is -2.28. The van der Waals surface area contributed by atoms with Crippen LogP contribution in [-0.4, -0.2) is 34.6 Å². The summed E-state index contributed by atoms with van der Waals surface area (Å²) in [6.07, 6.45) is 0. The van der Waals surface area contributed by atoms with Gasteiger partial charge in [0.15, 0.2) is 0 Å². The summed E-state index contributed by atoms with van der Waals surface area (Å²) in [5, 5.41) is 11.9. The second-order valence-electron chi connectivity index (χ2n) is 4.95. The van der Waals surface area contributed by atoms with Crippen molar-refractivity contribution in [1.82, 2.24) is 9.88 Å². The van der Waals surface area contributed by atoms with Crippen LogP contribution >= 0.6 is 11.3 Å². The van der Waals surface area contributed by atoms with Gasteiger partial charge in [0.2, 0.25) is 0 Å². The van der Waals surface area contributed by atoms with Gasteiger partial charge in [-0.1, -0.05) is 37.3 Å². The monoisotopic (exact) mass is 290 g/mol. The Hall–Kier alpha value is -1.72. The number of aliphatic carboxylic acids is 1. The zero-order valence-corrected chi connectivity index (χ0v) is 12.4. The molecule has 0 aliphatic heterocycles. The van der Waals surface area contributed by atoms with Crippen molar-refractivity contribution in [1.29, 1.82) is 0 Å². The molecule has 0 amide bonds. The molecule has 1 aromatic heterocycles. The van der Waals surface area contributed by atoms with Gasteiger partial charge in [0, 0.05) is 24.0 Å². The van der Waals surface area contributed by atoms with Crippen LogP contribution in [0.2, 0.25) is 0 Å². The molecule has 0 aliphatic carbocycles. The smallest absolute Gasteiger partial charge is 0.307 e. The van der Waals surface area contributed by atoms with E-state index in [1.54, 1.807) is 18.3 Å². The van der Waals surface area contributed by atoms with Crippen LogP contribution in [0.15, 0.2) is 35.7 Å². The fourth-order valence-corrected chi connectivity index (χ4v) is 2.80. The van der Waals surface area contributed by atoms with Crippen molar-refractivity contribution < 1.29 is 9.90 Å². The van der Waals surface area contributed by atoms with Gasteiger partial charge in [-0.2, -0.15) is 0 Å². The second kappa shape index (κ2) is 6.63. The number of aromatic nitrogens is 1. The first kappa shape index (κ1) is 14.7. The van der Waals surface area contributed by atoms with E-state index in [0.29, 0.717) is 13.1 Å². The number of benzene rings is 1. The first-order valence-corrected chi connectivity index (χ1v) is 7.35. The molecule has 1 aromatic carbocycles. The molecule has 1 N–H and O–H groups in total. The zero-order chi connectivity index (χ0) is 14.5. The van der Waals surface area contributed by atoms with Crippen LogP contribution in [0.4, 0.5) is 0 Å². The summed E-state index contributed by atoms with van der Waals surface area (Å²) < 4.78 is 0. The summed E-state index contributed by atoms with van der Waals surface area (Å²) in [7, 11) is 1.92. The summed E-state index contributed by atoms with van der Waals surface area (Å²) in [6, 6.07) is 10.1. The van der Waals surface area contributed by atoms with Crippen molar-refractivity contribution in [2.24, 2.45) is 5.92 Å². The molecular formula is C15H18N2O2S. The number of hydrogen-bond acceptors (Lipinski definition) is 4. The minimum absolute atomic E-state index is 0.368. The Labute approximate surface area is 122 Å². The SMILES string of the molecule is CC(CN(C)Cc1csc(-c2ccccc2)n1)C(=O)O. The molecule has 20 heavy (non-hydrogen) atoms. The van der Waals surface area contributed by atoms with Gasteiger partial charge in [0.1, 0.15) is 5.01 Å². The van der Waals surface area contributed by atoms with E-state index >= 15 is 0 Å². The van der Waals surface area contributed by atoms with E-state index in [9.17, 15) is 4.79 Å². The van der Waals surface area contributed by atoms with Gasteiger partial charge < -0.3 is 5.11 Å². The highest BCUT2D eigenvalue weighted by Gasteiger charge is 2.14. The maximum atomic E-state index is 10.8. The third kappa shape index (κ3) is 3.88. The number of carboxylic acids is 1. The van der Waals surface area contributed by atoms with Crippen LogP contribution < -0.4 is 0 Å². The predicted octanol–water partition coefficient (Wildman–Crippen LogP) is 2.96. The van der Waals surface area contributed by atoms with E-state index in [2.05, 4.69) is 4.98 Å². The average Bonchev–Trinajstić information content (AvgIpc) is 2.88. The van der Waals surface area contributed by atoms with Crippen LogP contribution in [0.25, 0.3) is 10.6 Å². The molecule has 0 bridgehead atoms. The maximum Gasteiger partial charge on any atom is 0.307 e. The van der Waals surface area contributed by atoms with E-state index in [4.69, 9.17) is 5.11 Å². The van der Waals surface area contributed by atoms with E-state index < -0.39 is 5.97 Å². The van der Waals surface area contributed by atoms with Crippen molar-refractivity contribution in [3.05, 3.63) is 41.4 Å². The molecule has 1 unspecified atom stereocenters. The Morgan fingerprint density at radius 2 is 2.10 bits per heavy atom. The average molecular weight is 290 g/mol. The molecular weight excluding hydrogens is 272 g/mol. The second-order valence-corrected chi connectivity index (χ2v) is 5.80. The number of thiazole rings is 1. The highest BCUT2D eigenvalue weighted by atomic mass is 32.1. The first-order chi connectivity index (χ1) is 9.56. The maximum absolute atomic E-state index is 10.8. The topological polar surface area (TPSA) is 53.4 Å². The number of rotatable bonds is 6. The highest BCUT2D eigenvalue weighted by Crippen LogP contribution is 2.23. The van der Waals surface area contributed by atoms with Gasteiger partial charge in [-0.15, -0.1) is 11.3 Å². The number of carbonyl (C=O) groups is 1. The molecule has 0 saturated carbocycles. The molecule has 5 heteroatoms. The third-order valence-electron chi connectivity index (χ3n) is 3.01. The molecule has 106 valence electrons. The molecule has 1 heterocycles. The van der Waals surface area contributed by atoms with E-state index in [1.807, 2.05) is 47.7 Å². The Morgan fingerprint density at radius 1 is 1.40 bits per heavy atom. The molecule has 2 rings (SSSR count). The van der Waals surface area contributed by atoms with Crippen LogP contribution in [-0.2, 0) is 11.3 Å². The quantitative estimate of drug-likeness (QED) is 0.888. The predicted molar refractivity (Wildman–Crippen MR) is 80.7 cm³/mol. The van der Waals surface area contributed by atoms with Gasteiger partial charge in [-0.3, -0.25) is 9.69 Å². The van der Waals surface area contributed by atoms with Crippen LogP contribution in [0.3, 0.4) is 0 Å².